The number of hydrogen-bond donors (Lipinski definition) is 3. The minimum Gasteiger partial charge on any atom is -0.431 e. The van der Waals surface area contributed by atoms with Crippen LogP contribution < -0.4 is 0 Å². The van der Waals surface area contributed by atoms with Gasteiger partial charge >= 0.3 is 5.97 Å². The molecule has 0 aromatic rings. The number of carbonyl (C=O) groups excluding carboxylic acids is 1. The first-order valence-corrected chi connectivity index (χ1v) is 10.9. The van der Waals surface area contributed by atoms with E-state index in [1.165, 1.54) is 6.92 Å². The fraction of sp³-hybridized carbons (Fsp3) is 0.783. The fourth-order valence-corrected chi connectivity index (χ4v) is 3.78. The summed E-state index contributed by atoms with van der Waals surface area (Å²) < 4.78 is 5.38. The predicted octanol–water partition coefficient (Wildman–Crippen LogP) is 4.40. The maximum absolute atomic E-state index is 11.4. The number of aliphatic hydroxyl groups excluding tert-OH is 2. The van der Waals surface area contributed by atoms with Crippen molar-refractivity contribution >= 4 is 5.97 Å². The molecule has 0 bridgehead atoms. The van der Waals surface area contributed by atoms with Crippen LogP contribution in [0.1, 0.15) is 91.4 Å². The molecule has 0 spiro atoms. The van der Waals surface area contributed by atoms with E-state index in [4.69, 9.17) is 9.84 Å². The van der Waals surface area contributed by atoms with E-state index >= 15 is 0 Å². The summed E-state index contributed by atoms with van der Waals surface area (Å²) in [5.74, 6) is 0.103. The summed E-state index contributed by atoms with van der Waals surface area (Å²) in [5, 5.41) is 29.8. The summed E-state index contributed by atoms with van der Waals surface area (Å²) in [6.45, 7) is 5.59. The van der Waals surface area contributed by atoms with Gasteiger partial charge in [0, 0.05) is 25.9 Å². The average Bonchev–Trinajstić information content (AvgIpc) is 2.90. The number of ether oxygens (including phenoxy) is 1. The Hall–Kier alpha value is -1.17. The summed E-state index contributed by atoms with van der Waals surface area (Å²) in [6.07, 6.45) is 12.8. The van der Waals surface area contributed by atoms with E-state index < -0.39 is 11.7 Å². The average molecular weight is 397 g/mol. The lowest BCUT2D eigenvalue weighted by atomic mass is 9.91. The van der Waals surface area contributed by atoms with Crippen LogP contribution in [0.25, 0.3) is 0 Å². The van der Waals surface area contributed by atoms with Crippen molar-refractivity contribution in [3.63, 3.8) is 0 Å². The smallest absolute Gasteiger partial charge is 0.307 e. The molecule has 0 heterocycles. The molecule has 0 aromatic carbocycles. The topological polar surface area (TPSA) is 87.0 Å². The van der Waals surface area contributed by atoms with E-state index in [0.29, 0.717) is 18.6 Å². The van der Waals surface area contributed by atoms with Crippen molar-refractivity contribution in [2.24, 2.45) is 5.92 Å². The summed E-state index contributed by atoms with van der Waals surface area (Å²) in [6, 6.07) is 0. The number of hydrogen-bond acceptors (Lipinski definition) is 5. The monoisotopic (exact) mass is 396 g/mol. The summed E-state index contributed by atoms with van der Waals surface area (Å²) in [7, 11) is 0. The van der Waals surface area contributed by atoms with Crippen LogP contribution in [0.4, 0.5) is 0 Å². The lowest BCUT2D eigenvalue weighted by Gasteiger charge is -2.22. The van der Waals surface area contributed by atoms with Crippen LogP contribution in [0.5, 0.6) is 0 Å². The van der Waals surface area contributed by atoms with Gasteiger partial charge in [0.05, 0.1) is 11.7 Å². The molecule has 1 rings (SSSR count). The Balaban J connectivity index is 2.72. The molecule has 0 radical (unpaired) electrons. The maximum Gasteiger partial charge on any atom is 0.307 e. The molecule has 162 valence electrons. The zero-order valence-corrected chi connectivity index (χ0v) is 18.0. The number of aliphatic hydroxyl groups is 3. The second kappa shape index (κ2) is 13.1. The molecule has 1 unspecified atom stereocenters. The highest BCUT2D eigenvalue weighted by atomic mass is 16.5. The Morgan fingerprint density at radius 1 is 1.21 bits per heavy atom. The molecular weight excluding hydrogens is 356 g/mol. The number of carbonyl (C=O) groups is 1. The lowest BCUT2D eigenvalue weighted by Crippen LogP contribution is -2.23. The van der Waals surface area contributed by atoms with Crippen molar-refractivity contribution in [3.05, 3.63) is 23.5 Å². The minimum atomic E-state index is -0.731. The van der Waals surface area contributed by atoms with Crippen molar-refractivity contribution < 1.29 is 24.9 Å². The van der Waals surface area contributed by atoms with Crippen LogP contribution in [-0.4, -0.2) is 39.6 Å². The van der Waals surface area contributed by atoms with Crippen LogP contribution in [0.3, 0.4) is 0 Å². The van der Waals surface area contributed by atoms with E-state index in [2.05, 4.69) is 6.92 Å². The minimum absolute atomic E-state index is 0.159. The largest absolute Gasteiger partial charge is 0.431 e. The third-order valence-electron chi connectivity index (χ3n) is 5.41. The maximum atomic E-state index is 11.4. The van der Waals surface area contributed by atoms with Gasteiger partial charge in [-0.3, -0.25) is 4.79 Å². The van der Waals surface area contributed by atoms with Gasteiger partial charge in [-0.2, -0.15) is 0 Å². The highest BCUT2D eigenvalue weighted by Gasteiger charge is 2.33. The van der Waals surface area contributed by atoms with E-state index in [1.807, 2.05) is 19.1 Å². The van der Waals surface area contributed by atoms with Crippen molar-refractivity contribution in [2.75, 3.05) is 6.61 Å². The Bertz CT molecular complexity index is 521. The molecule has 5 heteroatoms. The summed E-state index contributed by atoms with van der Waals surface area (Å²) >= 11 is 0. The Labute approximate surface area is 170 Å². The Morgan fingerprint density at radius 3 is 2.54 bits per heavy atom. The van der Waals surface area contributed by atoms with Crippen LogP contribution in [-0.2, 0) is 9.53 Å². The Morgan fingerprint density at radius 2 is 1.89 bits per heavy atom. The molecule has 3 N–H and O–H groups in total. The zero-order valence-electron chi connectivity index (χ0n) is 18.0. The third kappa shape index (κ3) is 9.35. The molecule has 0 amide bonds. The standard InChI is InChI=1S/C23H40O5/c1-4-5-14-23(3,27)15-11-13-19-20(12-9-7-6-8-10-16-24)22(17-21(19)26)28-18(2)25/h11,13,19,21,24,26-27H,4-10,12,14-17H2,1-3H3/b13-11+/t19-,21-,23?/m1/s1. The normalized spacial score (nSPS) is 22.1. The molecular formula is C23H40O5. The van der Waals surface area contributed by atoms with Crippen LogP contribution in [0.2, 0.25) is 0 Å². The second-order valence-electron chi connectivity index (χ2n) is 8.31. The van der Waals surface area contributed by atoms with Gasteiger partial charge in [-0.05, 0) is 44.6 Å². The quantitative estimate of drug-likeness (QED) is 0.230. The molecule has 1 aliphatic carbocycles. The van der Waals surface area contributed by atoms with Gasteiger partial charge < -0.3 is 20.1 Å². The van der Waals surface area contributed by atoms with E-state index in [-0.39, 0.29) is 18.5 Å². The third-order valence-corrected chi connectivity index (χ3v) is 5.41. The van der Waals surface area contributed by atoms with Crippen molar-refractivity contribution in [3.8, 4) is 0 Å². The van der Waals surface area contributed by atoms with Crippen molar-refractivity contribution in [2.45, 2.75) is 103 Å². The van der Waals surface area contributed by atoms with Gasteiger partial charge in [-0.1, -0.05) is 51.2 Å². The van der Waals surface area contributed by atoms with E-state index in [0.717, 1.165) is 63.4 Å². The first-order chi connectivity index (χ1) is 13.3. The number of rotatable bonds is 14. The van der Waals surface area contributed by atoms with Gasteiger partial charge in [0.1, 0.15) is 5.76 Å². The predicted molar refractivity (Wildman–Crippen MR) is 112 cm³/mol. The van der Waals surface area contributed by atoms with Gasteiger partial charge in [0.25, 0.3) is 0 Å². The molecule has 5 nitrogen and oxygen atoms in total. The first-order valence-electron chi connectivity index (χ1n) is 10.9. The second-order valence-corrected chi connectivity index (χ2v) is 8.31. The van der Waals surface area contributed by atoms with Crippen molar-refractivity contribution in [1.29, 1.82) is 0 Å². The van der Waals surface area contributed by atoms with Crippen LogP contribution in [0.15, 0.2) is 23.5 Å². The molecule has 28 heavy (non-hydrogen) atoms. The first kappa shape index (κ1) is 24.9. The van der Waals surface area contributed by atoms with Gasteiger partial charge in [0.15, 0.2) is 0 Å². The van der Waals surface area contributed by atoms with E-state index in [1.54, 1.807) is 0 Å². The molecule has 3 atom stereocenters. The molecule has 0 aliphatic heterocycles. The van der Waals surface area contributed by atoms with Crippen LogP contribution >= 0.6 is 0 Å². The van der Waals surface area contributed by atoms with Gasteiger partial charge in [0.2, 0.25) is 0 Å². The highest BCUT2D eigenvalue weighted by molar-refractivity contribution is 5.67. The molecule has 0 aromatic heterocycles. The van der Waals surface area contributed by atoms with Gasteiger partial charge in [-0.25, -0.2) is 0 Å². The molecule has 0 saturated carbocycles. The van der Waals surface area contributed by atoms with E-state index in [9.17, 15) is 15.0 Å². The molecule has 0 saturated heterocycles. The SMILES string of the molecule is CCCCC(C)(O)C/C=C/[C@@H]1C(CCCCCCCO)=C(OC(C)=O)C[C@H]1O. The van der Waals surface area contributed by atoms with Crippen molar-refractivity contribution in [1.82, 2.24) is 0 Å². The molecule has 1 aliphatic rings. The van der Waals surface area contributed by atoms with Crippen LogP contribution in [0, 0.1) is 5.92 Å². The molecule has 0 fully saturated rings. The number of unbranched alkanes of at least 4 members (excludes halogenated alkanes) is 5. The fourth-order valence-electron chi connectivity index (χ4n) is 3.78. The number of esters is 1. The summed E-state index contributed by atoms with van der Waals surface area (Å²) in [5.41, 5.74) is 0.278. The highest BCUT2D eigenvalue weighted by Crippen LogP contribution is 2.37. The Kier molecular flexibility index (Phi) is 11.7. The zero-order chi connectivity index (χ0) is 21.0. The summed E-state index contributed by atoms with van der Waals surface area (Å²) in [4.78, 5) is 11.4. The van der Waals surface area contributed by atoms with Gasteiger partial charge in [-0.15, -0.1) is 0 Å². The lowest BCUT2D eigenvalue weighted by molar-refractivity contribution is -0.137.